The van der Waals surface area contributed by atoms with Crippen LogP contribution in [0, 0.1) is 0 Å². The van der Waals surface area contributed by atoms with Crippen LogP contribution in [0.3, 0.4) is 0 Å². The van der Waals surface area contributed by atoms with Crippen molar-refractivity contribution in [3.63, 3.8) is 0 Å². The fraction of sp³-hybridized carbons (Fsp3) is 0.700. The second-order valence-corrected chi connectivity index (χ2v) is 3.66. The summed E-state index contributed by atoms with van der Waals surface area (Å²) in [6.45, 7) is 4.47. The topological polar surface area (TPSA) is 66.2 Å². The standard InChI is InChI=1S/C10H17N3O3/c1-7(2)13-8(5-6-15-3)9(11-12-13)10(14)16-4/h7H,5-6H2,1-4H3. The van der Waals surface area contributed by atoms with Crippen LogP contribution in [0.5, 0.6) is 0 Å². The van der Waals surface area contributed by atoms with Crippen molar-refractivity contribution < 1.29 is 14.3 Å². The van der Waals surface area contributed by atoms with E-state index < -0.39 is 5.97 Å². The second kappa shape index (κ2) is 5.60. The number of nitrogens with zero attached hydrogens (tertiary/aromatic N) is 3. The van der Waals surface area contributed by atoms with E-state index in [1.807, 2.05) is 13.8 Å². The van der Waals surface area contributed by atoms with Gasteiger partial charge in [0.1, 0.15) is 0 Å². The summed E-state index contributed by atoms with van der Waals surface area (Å²) >= 11 is 0. The molecule has 0 aromatic carbocycles. The van der Waals surface area contributed by atoms with Gasteiger partial charge < -0.3 is 9.47 Å². The van der Waals surface area contributed by atoms with Gasteiger partial charge in [-0.25, -0.2) is 9.48 Å². The van der Waals surface area contributed by atoms with Crippen molar-refractivity contribution in [1.29, 1.82) is 0 Å². The minimum atomic E-state index is -0.460. The second-order valence-electron chi connectivity index (χ2n) is 3.66. The van der Waals surface area contributed by atoms with E-state index in [4.69, 9.17) is 4.74 Å². The highest BCUT2D eigenvalue weighted by Crippen LogP contribution is 2.13. The number of ether oxygens (including phenoxy) is 2. The highest BCUT2D eigenvalue weighted by atomic mass is 16.5. The number of aromatic nitrogens is 3. The Balaban J connectivity index is 3.03. The molecule has 1 rings (SSSR count). The van der Waals surface area contributed by atoms with E-state index in [1.54, 1.807) is 11.8 Å². The molecular formula is C10H17N3O3. The highest BCUT2D eigenvalue weighted by Gasteiger charge is 2.20. The van der Waals surface area contributed by atoms with Crippen LogP contribution in [0.15, 0.2) is 0 Å². The first-order valence-corrected chi connectivity index (χ1v) is 5.13. The lowest BCUT2D eigenvalue weighted by Crippen LogP contribution is -2.13. The molecule has 0 N–H and O–H groups in total. The summed E-state index contributed by atoms with van der Waals surface area (Å²) in [5.74, 6) is -0.460. The zero-order valence-electron chi connectivity index (χ0n) is 10.1. The first-order chi connectivity index (χ1) is 7.61. The Hall–Kier alpha value is -1.43. The third-order valence-corrected chi connectivity index (χ3v) is 2.20. The quantitative estimate of drug-likeness (QED) is 0.697. The Bertz CT molecular complexity index is 360. The molecule has 0 amide bonds. The molecule has 0 aliphatic heterocycles. The Morgan fingerprint density at radius 3 is 2.62 bits per heavy atom. The predicted octanol–water partition coefficient (Wildman–Crippen LogP) is 0.834. The number of rotatable bonds is 5. The number of hydrogen-bond acceptors (Lipinski definition) is 5. The maximum atomic E-state index is 11.5. The molecule has 1 aromatic rings. The lowest BCUT2D eigenvalue weighted by atomic mass is 10.2. The van der Waals surface area contributed by atoms with E-state index in [1.165, 1.54) is 7.11 Å². The molecule has 0 fully saturated rings. The van der Waals surface area contributed by atoms with E-state index in [-0.39, 0.29) is 11.7 Å². The van der Waals surface area contributed by atoms with Crippen molar-refractivity contribution in [3.8, 4) is 0 Å². The summed E-state index contributed by atoms with van der Waals surface area (Å²) in [5, 5.41) is 7.79. The molecule has 0 atom stereocenters. The maximum absolute atomic E-state index is 11.5. The van der Waals surface area contributed by atoms with Crippen molar-refractivity contribution in [2.75, 3.05) is 20.8 Å². The Morgan fingerprint density at radius 2 is 2.12 bits per heavy atom. The third-order valence-electron chi connectivity index (χ3n) is 2.20. The van der Waals surface area contributed by atoms with Crippen LogP contribution < -0.4 is 0 Å². The lowest BCUT2D eigenvalue weighted by Gasteiger charge is -2.09. The van der Waals surface area contributed by atoms with E-state index in [2.05, 4.69) is 15.0 Å². The largest absolute Gasteiger partial charge is 0.464 e. The van der Waals surface area contributed by atoms with E-state index >= 15 is 0 Å². The summed E-state index contributed by atoms with van der Waals surface area (Å²) < 4.78 is 11.4. The lowest BCUT2D eigenvalue weighted by molar-refractivity contribution is 0.0592. The van der Waals surface area contributed by atoms with Crippen LogP contribution in [-0.2, 0) is 15.9 Å². The van der Waals surface area contributed by atoms with Crippen molar-refractivity contribution in [3.05, 3.63) is 11.4 Å². The molecule has 0 saturated heterocycles. The maximum Gasteiger partial charge on any atom is 0.360 e. The molecule has 6 nitrogen and oxygen atoms in total. The molecule has 1 heterocycles. The first-order valence-electron chi connectivity index (χ1n) is 5.13. The number of methoxy groups -OCH3 is 2. The molecule has 90 valence electrons. The summed E-state index contributed by atoms with van der Waals surface area (Å²) in [6, 6.07) is 0.151. The van der Waals surface area contributed by atoms with Crippen molar-refractivity contribution in [2.24, 2.45) is 0 Å². The molecule has 0 spiro atoms. The van der Waals surface area contributed by atoms with Gasteiger partial charge in [0.05, 0.1) is 19.4 Å². The van der Waals surface area contributed by atoms with Crippen molar-refractivity contribution in [2.45, 2.75) is 26.3 Å². The molecule has 1 aromatic heterocycles. The van der Waals surface area contributed by atoms with Crippen LogP contribution in [0.4, 0.5) is 0 Å². The average molecular weight is 227 g/mol. The van der Waals surface area contributed by atoms with Gasteiger partial charge in [-0.15, -0.1) is 5.10 Å². The zero-order valence-corrected chi connectivity index (χ0v) is 10.1. The Morgan fingerprint density at radius 1 is 1.44 bits per heavy atom. The molecule has 0 saturated carbocycles. The summed E-state index contributed by atoms with van der Waals surface area (Å²) in [7, 11) is 2.94. The fourth-order valence-corrected chi connectivity index (χ4v) is 1.42. The number of carbonyl (C=O) groups is 1. The normalized spacial score (nSPS) is 10.8. The summed E-state index contributed by atoms with van der Waals surface area (Å²) in [6.07, 6.45) is 0.589. The molecule has 6 heteroatoms. The molecule has 0 bridgehead atoms. The number of carbonyl (C=O) groups excluding carboxylic acids is 1. The van der Waals surface area contributed by atoms with Crippen LogP contribution in [-0.4, -0.2) is 41.8 Å². The molecule has 16 heavy (non-hydrogen) atoms. The van der Waals surface area contributed by atoms with Gasteiger partial charge in [0.15, 0.2) is 5.69 Å². The number of hydrogen-bond donors (Lipinski definition) is 0. The smallest absolute Gasteiger partial charge is 0.360 e. The zero-order chi connectivity index (χ0) is 12.1. The summed E-state index contributed by atoms with van der Waals surface area (Å²) in [4.78, 5) is 11.5. The van der Waals surface area contributed by atoms with Crippen LogP contribution in [0.2, 0.25) is 0 Å². The molecule has 0 aliphatic carbocycles. The van der Waals surface area contributed by atoms with Crippen LogP contribution in [0.25, 0.3) is 0 Å². The minimum Gasteiger partial charge on any atom is -0.464 e. The van der Waals surface area contributed by atoms with Crippen molar-refractivity contribution >= 4 is 5.97 Å². The molecule has 0 aliphatic rings. The van der Waals surface area contributed by atoms with Crippen LogP contribution >= 0.6 is 0 Å². The van der Waals surface area contributed by atoms with Gasteiger partial charge in [-0.2, -0.15) is 0 Å². The molecular weight excluding hydrogens is 210 g/mol. The summed E-state index contributed by atoms with van der Waals surface area (Å²) in [5.41, 5.74) is 1.02. The van der Waals surface area contributed by atoms with Crippen molar-refractivity contribution in [1.82, 2.24) is 15.0 Å². The Kier molecular flexibility index (Phi) is 4.42. The van der Waals surface area contributed by atoms with Gasteiger partial charge in [0.2, 0.25) is 0 Å². The van der Waals surface area contributed by atoms with E-state index in [0.717, 1.165) is 5.69 Å². The van der Waals surface area contributed by atoms with Gasteiger partial charge in [0, 0.05) is 19.6 Å². The van der Waals surface area contributed by atoms with Gasteiger partial charge >= 0.3 is 5.97 Å². The molecule has 0 unspecified atom stereocenters. The SMILES string of the molecule is COCCc1c(C(=O)OC)nnn1C(C)C. The van der Waals surface area contributed by atoms with Gasteiger partial charge in [-0.3, -0.25) is 0 Å². The van der Waals surface area contributed by atoms with Gasteiger partial charge in [-0.05, 0) is 13.8 Å². The average Bonchev–Trinajstić information content (AvgIpc) is 2.68. The monoisotopic (exact) mass is 227 g/mol. The Labute approximate surface area is 94.5 Å². The van der Waals surface area contributed by atoms with E-state index in [9.17, 15) is 4.79 Å². The fourth-order valence-electron chi connectivity index (χ4n) is 1.42. The third kappa shape index (κ3) is 2.57. The van der Waals surface area contributed by atoms with Crippen LogP contribution in [0.1, 0.15) is 36.1 Å². The van der Waals surface area contributed by atoms with E-state index in [0.29, 0.717) is 13.0 Å². The van der Waals surface area contributed by atoms with Gasteiger partial charge in [-0.1, -0.05) is 5.21 Å². The minimum absolute atomic E-state index is 0.151. The molecule has 0 radical (unpaired) electrons. The number of esters is 1. The highest BCUT2D eigenvalue weighted by molar-refractivity contribution is 5.88. The predicted molar refractivity (Wildman–Crippen MR) is 57.3 cm³/mol. The van der Waals surface area contributed by atoms with Gasteiger partial charge in [0.25, 0.3) is 0 Å². The first kappa shape index (κ1) is 12.6.